The standard InChI is InChI=1S/C25H23FN2O3/c1-16-7-8-19(24(29)27-20-10-11-20)14-22(16)28-25(30)18-9-12-23(21(26)13-18)31-15-17-5-3-2-4-6-17/h2-9,12-14,20H,10-11,15H2,1H3,(H,27,29)(H,28,30). The van der Waals surface area contributed by atoms with E-state index in [0.717, 1.165) is 30.0 Å². The van der Waals surface area contributed by atoms with Crippen molar-refractivity contribution in [3.63, 3.8) is 0 Å². The molecule has 5 nitrogen and oxygen atoms in total. The third-order valence-corrected chi connectivity index (χ3v) is 5.09. The normalized spacial score (nSPS) is 12.8. The van der Waals surface area contributed by atoms with Crippen LogP contribution >= 0.6 is 0 Å². The lowest BCUT2D eigenvalue weighted by Crippen LogP contribution is -2.25. The van der Waals surface area contributed by atoms with Crippen LogP contribution in [0.1, 0.15) is 44.7 Å². The van der Waals surface area contributed by atoms with E-state index >= 15 is 0 Å². The summed E-state index contributed by atoms with van der Waals surface area (Å²) in [4.78, 5) is 24.9. The third-order valence-electron chi connectivity index (χ3n) is 5.09. The van der Waals surface area contributed by atoms with Crippen LogP contribution in [0.3, 0.4) is 0 Å². The van der Waals surface area contributed by atoms with Crippen LogP contribution in [0, 0.1) is 12.7 Å². The molecular weight excluding hydrogens is 395 g/mol. The molecular formula is C25H23FN2O3. The number of anilines is 1. The molecule has 0 aromatic heterocycles. The number of hydrogen-bond donors (Lipinski definition) is 2. The summed E-state index contributed by atoms with van der Waals surface area (Å²) in [5.41, 5.74) is 2.88. The number of rotatable bonds is 7. The van der Waals surface area contributed by atoms with E-state index in [2.05, 4.69) is 10.6 Å². The van der Waals surface area contributed by atoms with E-state index in [9.17, 15) is 14.0 Å². The Morgan fingerprint density at radius 1 is 0.968 bits per heavy atom. The lowest BCUT2D eigenvalue weighted by atomic mass is 10.1. The Hall–Kier alpha value is -3.67. The van der Waals surface area contributed by atoms with E-state index in [4.69, 9.17) is 4.74 Å². The quantitative estimate of drug-likeness (QED) is 0.576. The van der Waals surface area contributed by atoms with Crippen LogP contribution in [0.2, 0.25) is 0 Å². The highest BCUT2D eigenvalue weighted by Crippen LogP contribution is 2.23. The average Bonchev–Trinajstić information content (AvgIpc) is 3.59. The molecule has 0 saturated heterocycles. The SMILES string of the molecule is Cc1ccc(C(=O)NC2CC2)cc1NC(=O)c1ccc(OCc2ccccc2)c(F)c1. The smallest absolute Gasteiger partial charge is 0.255 e. The zero-order valence-corrected chi connectivity index (χ0v) is 17.2. The number of halogens is 1. The molecule has 0 atom stereocenters. The zero-order valence-electron chi connectivity index (χ0n) is 17.2. The van der Waals surface area contributed by atoms with Crippen LogP contribution in [0.25, 0.3) is 0 Å². The van der Waals surface area contributed by atoms with Crippen molar-refractivity contribution in [3.05, 3.63) is 94.8 Å². The van der Waals surface area contributed by atoms with Gasteiger partial charge in [-0.1, -0.05) is 36.4 Å². The van der Waals surface area contributed by atoms with Gasteiger partial charge in [0.1, 0.15) is 6.61 Å². The van der Waals surface area contributed by atoms with Crippen molar-refractivity contribution in [2.75, 3.05) is 5.32 Å². The van der Waals surface area contributed by atoms with Crippen molar-refractivity contribution < 1.29 is 18.7 Å². The molecule has 1 aliphatic rings. The van der Waals surface area contributed by atoms with Gasteiger partial charge in [0.15, 0.2) is 11.6 Å². The van der Waals surface area contributed by atoms with Gasteiger partial charge in [-0.3, -0.25) is 9.59 Å². The zero-order chi connectivity index (χ0) is 21.8. The predicted molar refractivity (Wildman–Crippen MR) is 117 cm³/mol. The van der Waals surface area contributed by atoms with Crippen molar-refractivity contribution >= 4 is 17.5 Å². The first-order chi connectivity index (χ1) is 15.0. The molecule has 1 fully saturated rings. The first-order valence-corrected chi connectivity index (χ1v) is 10.2. The highest BCUT2D eigenvalue weighted by Gasteiger charge is 2.24. The third kappa shape index (κ3) is 5.28. The first-order valence-electron chi connectivity index (χ1n) is 10.2. The van der Waals surface area contributed by atoms with Gasteiger partial charge in [0.25, 0.3) is 11.8 Å². The summed E-state index contributed by atoms with van der Waals surface area (Å²) in [5, 5.41) is 5.69. The van der Waals surface area contributed by atoms with Crippen LogP contribution in [0.15, 0.2) is 66.7 Å². The van der Waals surface area contributed by atoms with Gasteiger partial charge in [-0.25, -0.2) is 4.39 Å². The maximum Gasteiger partial charge on any atom is 0.255 e. The summed E-state index contributed by atoms with van der Waals surface area (Å²) >= 11 is 0. The Morgan fingerprint density at radius 2 is 1.68 bits per heavy atom. The average molecular weight is 418 g/mol. The molecule has 0 aliphatic heterocycles. The molecule has 3 aromatic rings. The van der Waals surface area contributed by atoms with E-state index in [1.807, 2.05) is 37.3 Å². The minimum atomic E-state index is -0.613. The minimum Gasteiger partial charge on any atom is -0.486 e. The number of carbonyl (C=O) groups excluding carboxylic acids is 2. The number of nitrogens with one attached hydrogen (secondary N) is 2. The topological polar surface area (TPSA) is 67.4 Å². The Bertz CT molecular complexity index is 1110. The number of aryl methyl sites for hydroxylation is 1. The largest absolute Gasteiger partial charge is 0.486 e. The van der Waals surface area contributed by atoms with E-state index in [1.54, 1.807) is 18.2 Å². The van der Waals surface area contributed by atoms with E-state index in [-0.39, 0.29) is 29.9 Å². The van der Waals surface area contributed by atoms with Gasteiger partial charge in [-0.15, -0.1) is 0 Å². The van der Waals surface area contributed by atoms with E-state index in [0.29, 0.717) is 11.3 Å². The summed E-state index contributed by atoms with van der Waals surface area (Å²) in [6, 6.07) is 18.9. The summed E-state index contributed by atoms with van der Waals surface area (Å²) < 4.78 is 20.0. The summed E-state index contributed by atoms with van der Waals surface area (Å²) in [6.07, 6.45) is 2.00. The fourth-order valence-electron chi connectivity index (χ4n) is 3.08. The fraction of sp³-hybridized carbons (Fsp3) is 0.200. The van der Waals surface area contributed by atoms with Gasteiger partial charge in [-0.2, -0.15) is 0 Å². The highest BCUT2D eigenvalue weighted by atomic mass is 19.1. The molecule has 1 saturated carbocycles. The maximum atomic E-state index is 14.5. The molecule has 2 amide bonds. The van der Waals surface area contributed by atoms with Crippen molar-refractivity contribution in [3.8, 4) is 5.75 Å². The molecule has 0 radical (unpaired) electrons. The number of benzene rings is 3. The van der Waals surface area contributed by atoms with Crippen LogP contribution in [0.5, 0.6) is 5.75 Å². The summed E-state index contributed by atoms with van der Waals surface area (Å²) in [6.45, 7) is 2.07. The molecule has 0 unspecified atom stereocenters. The number of carbonyl (C=O) groups is 2. The fourth-order valence-corrected chi connectivity index (χ4v) is 3.08. The lowest BCUT2D eigenvalue weighted by Gasteiger charge is -2.12. The van der Waals surface area contributed by atoms with Crippen molar-refractivity contribution in [1.29, 1.82) is 0 Å². The van der Waals surface area contributed by atoms with Gasteiger partial charge in [0.2, 0.25) is 0 Å². The van der Waals surface area contributed by atoms with E-state index in [1.165, 1.54) is 12.1 Å². The van der Waals surface area contributed by atoms with Gasteiger partial charge in [0, 0.05) is 22.9 Å². The van der Waals surface area contributed by atoms with Crippen LogP contribution in [0.4, 0.5) is 10.1 Å². The van der Waals surface area contributed by atoms with Gasteiger partial charge < -0.3 is 15.4 Å². The molecule has 6 heteroatoms. The molecule has 158 valence electrons. The Kier molecular flexibility index (Phi) is 5.98. The highest BCUT2D eigenvalue weighted by molar-refractivity contribution is 6.05. The molecule has 3 aromatic carbocycles. The van der Waals surface area contributed by atoms with Crippen molar-refractivity contribution in [2.45, 2.75) is 32.4 Å². The predicted octanol–water partition coefficient (Wildman–Crippen LogP) is 4.86. The van der Waals surface area contributed by atoms with Gasteiger partial charge in [0.05, 0.1) is 0 Å². The monoisotopic (exact) mass is 418 g/mol. The van der Waals surface area contributed by atoms with E-state index < -0.39 is 11.7 Å². The van der Waals surface area contributed by atoms with Crippen molar-refractivity contribution in [2.24, 2.45) is 0 Å². The molecule has 31 heavy (non-hydrogen) atoms. The number of amides is 2. The molecule has 2 N–H and O–H groups in total. The second kappa shape index (κ2) is 9.00. The van der Waals surface area contributed by atoms with Gasteiger partial charge in [-0.05, 0) is 61.2 Å². The molecule has 0 spiro atoms. The molecule has 1 aliphatic carbocycles. The first kappa shape index (κ1) is 20.6. The summed E-state index contributed by atoms with van der Waals surface area (Å²) in [7, 11) is 0. The van der Waals surface area contributed by atoms with Crippen LogP contribution < -0.4 is 15.4 Å². The van der Waals surface area contributed by atoms with Crippen LogP contribution in [-0.4, -0.2) is 17.9 Å². The minimum absolute atomic E-state index is 0.0790. The Balaban J connectivity index is 1.43. The number of hydrogen-bond acceptors (Lipinski definition) is 3. The van der Waals surface area contributed by atoms with Crippen molar-refractivity contribution in [1.82, 2.24) is 5.32 Å². The van der Waals surface area contributed by atoms with Gasteiger partial charge >= 0.3 is 0 Å². The second-order valence-electron chi connectivity index (χ2n) is 7.65. The second-order valence-corrected chi connectivity index (χ2v) is 7.65. The summed E-state index contributed by atoms with van der Waals surface area (Å²) in [5.74, 6) is -1.16. The van der Waals surface area contributed by atoms with Crippen LogP contribution in [-0.2, 0) is 6.61 Å². The molecule has 0 heterocycles. The lowest BCUT2D eigenvalue weighted by molar-refractivity contribution is 0.0949. The number of ether oxygens (including phenoxy) is 1. The molecule has 4 rings (SSSR count). The molecule has 0 bridgehead atoms. The Labute approximate surface area is 180 Å². The Morgan fingerprint density at radius 3 is 2.39 bits per heavy atom. The maximum absolute atomic E-state index is 14.5.